The number of hydrogen-bond donors (Lipinski definition) is 0. The maximum atomic E-state index is 12.0. The molecule has 0 rings (SSSR count). The van der Waals surface area contributed by atoms with E-state index in [0.29, 0.717) is 12.2 Å². The number of methoxy groups -OCH3 is 1. The maximum Gasteiger partial charge on any atom is 0.429 e. The zero-order valence-electron chi connectivity index (χ0n) is 7.13. The second kappa shape index (κ2) is 5.25. The Labute approximate surface area is 77.3 Å². The van der Waals surface area contributed by atoms with Crippen molar-refractivity contribution in [2.45, 2.75) is 6.11 Å². The van der Waals surface area contributed by atoms with E-state index in [2.05, 4.69) is 9.47 Å². The van der Waals surface area contributed by atoms with E-state index in [4.69, 9.17) is 0 Å². The molecule has 0 bridgehead atoms. The number of alkyl halides is 3. The highest BCUT2D eigenvalue weighted by atomic mass is 19.3. The van der Waals surface area contributed by atoms with Crippen LogP contribution in [0.1, 0.15) is 0 Å². The van der Waals surface area contributed by atoms with Crippen LogP contribution >= 0.6 is 0 Å². The first-order valence-corrected chi connectivity index (χ1v) is 3.34. The van der Waals surface area contributed by atoms with E-state index in [1.165, 1.54) is 0 Å². The fourth-order valence-electron chi connectivity index (χ4n) is 0.413. The van der Waals surface area contributed by atoms with Gasteiger partial charge in [-0.2, -0.15) is 8.78 Å². The molecule has 0 aliphatic rings. The van der Waals surface area contributed by atoms with Gasteiger partial charge in [-0.3, -0.25) is 0 Å². The lowest BCUT2D eigenvalue weighted by atomic mass is 10.5. The summed E-state index contributed by atoms with van der Waals surface area (Å²) in [4.78, 5) is 20.8. The molecule has 0 unspecified atom stereocenters. The first kappa shape index (κ1) is 12.5. The summed E-state index contributed by atoms with van der Waals surface area (Å²) in [5.74, 6) is -2.44. The molecule has 0 aromatic heterocycles. The van der Waals surface area contributed by atoms with Gasteiger partial charge in [0.05, 0.1) is 7.11 Å². The number of halogens is 3. The average molecular weight is 212 g/mol. The summed E-state index contributed by atoms with van der Waals surface area (Å²) in [5, 5.41) is 0. The first-order valence-electron chi connectivity index (χ1n) is 3.34. The fourth-order valence-corrected chi connectivity index (χ4v) is 0.413. The Bertz CT molecular complexity index is 249. The van der Waals surface area contributed by atoms with Gasteiger partial charge in [0, 0.05) is 12.2 Å². The van der Waals surface area contributed by atoms with Crippen molar-refractivity contribution in [3.63, 3.8) is 0 Å². The Morgan fingerprint density at radius 2 is 1.79 bits per heavy atom. The van der Waals surface area contributed by atoms with Crippen LogP contribution in [0.15, 0.2) is 12.2 Å². The molecule has 0 saturated carbocycles. The minimum absolute atomic E-state index is 0.412. The van der Waals surface area contributed by atoms with E-state index in [1.807, 2.05) is 0 Å². The van der Waals surface area contributed by atoms with E-state index in [9.17, 15) is 22.8 Å². The standard InChI is InChI=1S/C7H7F3O4/c1-13-5(11)2-3-6(12)14-7(9,10)4-8/h2-3H,4H2,1H3/b3-2+. The Morgan fingerprint density at radius 1 is 1.29 bits per heavy atom. The van der Waals surface area contributed by atoms with Gasteiger partial charge in [-0.25, -0.2) is 14.0 Å². The molecule has 14 heavy (non-hydrogen) atoms. The third kappa shape index (κ3) is 5.18. The van der Waals surface area contributed by atoms with Crippen molar-refractivity contribution in [3.8, 4) is 0 Å². The average Bonchev–Trinajstić information content (AvgIpc) is 2.13. The summed E-state index contributed by atoms with van der Waals surface area (Å²) in [6, 6.07) is 0. The Hall–Kier alpha value is -1.53. The number of rotatable bonds is 4. The smallest absolute Gasteiger partial charge is 0.429 e. The van der Waals surface area contributed by atoms with E-state index < -0.39 is 24.7 Å². The SMILES string of the molecule is COC(=O)/C=C/C(=O)OC(F)(F)CF. The van der Waals surface area contributed by atoms with Gasteiger partial charge in [-0.05, 0) is 0 Å². The number of carbonyl (C=O) groups is 2. The van der Waals surface area contributed by atoms with Crippen LogP contribution in [0.25, 0.3) is 0 Å². The zero-order chi connectivity index (χ0) is 11.2. The monoisotopic (exact) mass is 212 g/mol. The molecule has 0 aromatic carbocycles. The van der Waals surface area contributed by atoms with Crippen molar-refractivity contribution in [2.24, 2.45) is 0 Å². The van der Waals surface area contributed by atoms with Crippen LogP contribution in [0.4, 0.5) is 13.2 Å². The van der Waals surface area contributed by atoms with Crippen molar-refractivity contribution in [2.75, 3.05) is 13.8 Å². The van der Waals surface area contributed by atoms with Crippen molar-refractivity contribution in [3.05, 3.63) is 12.2 Å². The van der Waals surface area contributed by atoms with Crippen LogP contribution < -0.4 is 0 Å². The highest BCUT2D eigenvalue weighted by molar-refractivity contribution is 5.91. The normalized spacial score (nSPS) is 11.4. The highest BCUT2D eigenvalue weighted by Gasteiger charge is 2.33. The van der Waals surface area contributed by atoms with Gasteiger partial charge >= 0.3 is 18.0 Å². The molecule has 0 spiro atoms. The molecule has 0 radical (unpaired) electrons. The molecule has 0 amide bonds. The second-order valence-electron chi connectivity index (χ2n) is 2.05. The molecule has 0 aliphatic heterocycles. The first-order chi connectivity index (χ1) is 6.41. The fraction of sp³-hybridized carbons (Fsp3) is 0.429. The van der Waals surface area contributed by atoms with Crippen LogP contribution in [0.3, 0.4) is 0 Å². The molecule has 80 valence electrons. The molecule has 0 saturated heterocycles. The summed E-state index contributed by atoms with van der Waals surface area (Å²) in [5.41, 5.74) is 0. The predicted molar refractivity (Wildman–Crippen MR) is 38.2 cm³/mol. The Kier molecular flexibility index (Phi) is 4.68. The van der Waals surface area contributed by atoms with E-state index in [-0.39, 0.29) is 0 Å². The quantitative estimate of drug-likeness (QED) is 0.511. The number of esters is 2. The third-order valence-electron chi connectivity index (χ3n) is 0.962. The summed E-state index contributed by atoms with van der Waals surface area (Å²) in [6.07, 6.45) is -3.18. The molecule has 0 aliphatic carbocycles. The highest BCUT2D eigenvalue weighted by Crippen LogP contribution is 2.15. The largest absolute Gasteiger partial charge is 0.466 e. The van der Waals surface area contributed by atoms with Crippen LogP contribution in [0, 0.1) is 0 Å². The third-order valence-corrected chi connectivity index (χ3v) is 0.962. The lowest BCUT2D eigenvalue weighted by Crippen LogP contribution is -2.26. The zero-order valence-corrected chi connectivity index (χ0v) is 7.13. The molecule has 0 atom stereocenters. The van der Waals surface area contributed by atoms with E-state index >= 15 is 0 Å². The predicted octanol–water partition coefficient (Wildman–Crippen LogP) is 0.821. The topological polar surface area (TPSA) is 52.6 Å². The lowest BCUT2D eigenvalue weighted by Gasteiger charge is -2.10. The van der Waals surface area contributed by atoms with Gasteiger partial charge < -0.3 is 9.47 Å². The number of hydrogen-bond acceptors (Lipinski definition) is 4. The maximum absolute atomic E-state index is 12.0. The van der Waals surface area contributed by atoms with Crippen molar-refractivity contribution < 1.29 is 32.2 Å². The molecular weight excluding hydrogens is 205 g/mol. The minimum atomic E-state index is -4.17. The molecule has 4 nitrogen and oxygen atoms in total. The van der Waals surface area contributed by atoms with Crippen molar-refractivity contribution in [1.29, 1.82) is 0 Å². The van der Waals surface area contributed by atoms with Gasteiger partial charge in [0.1, 0.15) is 0 Å². The van der Waals surface area contributed by atoms with Gasteiger partial charge in [0.15, 0.2) is 6.67 Å². The molecule has 7 heteroatoms. The summed E-state index contributed by atoms with van der Waals surface area (Å²) < 4.78 is 42.9. The molecule has 0 aromatic rings. The van der Waals surface area contributed by atoms with E-state index in [0.717, 1.165) is 7.11 Å². The molecule has 0 N–H and O–H groups in total. The van der Waals surface area contributed by atoms with Gasteiger partial charge in [0.2, 0.25) is 0 Å². The second-order valence-corrected chi connectivity index (χ2v) is 2.05. The summed E-state index contributed by atoms with van der Waals surface area (Å²) >= 11 is 0. The van der Waals surface area contributed by atoms with Crippen molar-refractivity contribution >= 4 is 11.9 Å². The molecule has 0 fully saturated rings. The van der Waals surface area contributed by atoms with Crippen LogP contribution in [-0.2, 0) is 19.1 Å². The van der Waals surface area contributed by atoms with E-state index in [1.54, 1.807) is 0 Å². The van der Waals surface area contributed by atoms with Gasteiger partial charge in [-0.1, -0.05) is 0 Å². The van der Waals surface area contributed by atoms with Crippen LogP contribution in [0.5, 0.6) is 0 Å². The van der Waals surface area contributed by atoms with Gasteiger partial charge in [-0.15, -0.1) is 0 Å². The summed E-state index contributed by atoms with van der Waals surface area (Å²) in [7, 11) is 1.04. The van der Waals surface area contributed by atoms with Crippen LogP contribution in [0.2, 0.25) is 0 Å². The lowest BCUT2D eigenvalue weighted by molar-refractivity contribution is -0.234. The Balaban J connectivity index is 4.11. The Morgan fingerprint density at radius 3 is 2.21 bits per heavy atom. The number of ether oxygens (including phenoxy) is 2. The molecule has 0 heterocycles. The number of carbonyl (C=O) groups excluding carboxylic acids is 2. The summed E-state index contributed by atoms with van der Waals surface area (Å²) in [6.45, 7) is -2.12. The van der Waals surface area contributed by atoms with Crippen LogP contribution in [-0.4, -0.2) is 31.8 Å². The molecular formula is C7H7F3O4. The minimum Gasteiger partial charge on any atom is -0.466 e. The van der Waals surface area contributed by atoms with Crippen molar-refractivity contribution in [1.82, 2.24) is 0 Å². The van der Waals surface area contributed by atoms with Gasteiger partial charge in [0.25, 0.3) is 0 Å².